The third kappa shape index (κ3) is 2.69. The molecule has 0 aromatic heterocycles. The highest BCUT2D eigenvalue weighted by Crippen LogP contribution is 2.61. The number of nitriles is 1. The van der Waals surface area contributed by atoms with Crippen molar-refractivity contribution in [2.24, 2.45) is 5.41 Å². The summed E-state index contributed by atoms with van der Waals surface area (Å²) in [7, 11) is 0. The number of aliphatic hydroxyl groups is 1. The molecule has 2 aliphatic carbocycles. The molecule has 1 spiro atoms. The van der Waals surface area contributed by atoms with E-state index in [1.54, 1.807) is 20.8 Å². The number of rotatable bonds is 2. The van der Waals surface area contributed by atoms with E-state index in [9.17, 15) is 9.90 Å². The smallest absolute Gasteiger partial charge is 0.408 e. The van der Waals surface area contributed by atoms with Gasteiger partial charge in [0, 0.05) is 0 Å². The molecule has 2 rings (SSSR count). The number of nitrogens with one attached hydrogen (secondary N) is 1. The lowest BCUT2D eigenvalue weighted by Crippen LogP contribution is -2.69. The number of alkyl carbamates (subject to hydrolysis) is 1. The van der Waals surface area contributed by atoms with Gasteiger partial charge in [-0.05, 0) is 51.9 Å². The second-order valence-electron chi connectivity index (χ2n) is 7.02. The van der Waals surface area contributed by atoms with Crippen LogP contribution in [0.15, 0.2) is 0 Å². The molecule has 1 amide bonds. The van der Waals surface area contributed by atoms with Crippen molar-refractivity contribution in [3.63, 3.8) is 0 Å². The molecule has 1 unspecified atom stereocenters. The quantitative estimate of drug-likeness (QED) is 0.750. The summed E-state index contributed by atoms with van der Waals surface area (Å²) in [4.78, 5) is 11.9. The Kier molecular flexibility index (Phi) is 3.26. The van der Waals surface area contributed by atoms with Crippen molar-refractivity contribution in [1.29, 1.82) is 5.26 Å². The van der Waals surface area contributed by atoms with Gasteiger partial charge >= 0.3 is 6.09 Å². The Hall–Kier alpha value is -1.28. The van der Waals surface area contributed by atoms with Crippen LogP contribution in [0.2, 0.25) is 0 Å². The minimum atomic E-state index is -1.17. The second kappa shape index (κ2) is 4.38. The first kappa shape index (κ1) is 14.1. The van der Waals surface area contributed by atoms with Gasteiger partial charge in [-0.1, -0.05) is 6.42 Å². The van der Waals surface area contributed by atoms with Crippen LogP contribution in [0.4, 0.5) is 4.79 Å². The van der Waals surface area contributed by atoms with E-state index in [-0.39, 0.29) is 5.41 Å². The summed E-state index contributed by atoms with van der Waals surface area (Å²) in [5.41, 5.74) is -1.16. The van der Waals surface area contributed by atoms with E-state index < -0.39 is 23.3 Å². The zero-order valence-corrected chi connectivity index (χ0v) is 11.8. The molecule has 0 bridgehead atoms. The van der Waals surface area contributed by atoms with Crippen molar-refractivity contribution in [3.8, 4) is 6.07 Å². The lowest BCUT2D eigenvalue weighted by molar-refractivity contribution is -0.102. The predicted molar refractivity (Wildman–Crippen MR) is 69.2 cm³/mol. The van der Waals surface area contributed by atoms with Crippen molar-refractivity contribution in [3.05, 3.63) is 0 Å². The average molecular weight is 266 g/mol. The van der Waals surface area contributed by atoms with Gasteiger partial charge < -0.3 is 15.2 Å². The lowest BCUT2D eigenvalue weighted by Gasteiger charge is -2.61. The first-order chi connectivity index (χ1) is 8.70. The van der Waals surface area contributed by atoms with Crippen molar-refractivity contribution < 1.29 is 14.6 Å². The van der Waals surface area contributed by atoms with E-state index in [4.69, 9.17) is 10.00 Å². The Morgan fingerprint density at radius 3 is 2.37 bits per heavy atom. The van der Waals surface area contributed by atoms with E-state index in [2.05, 4.69) is 5.32 Å². The monoisotopic (exact) mass is 266 g/mol. The summed E-state index contributed by atoms with van der Waals surface area (Å²) in [6.45, 7) is 5.36. The molecule has 2 saturated carbocycles. The minimum absolute atomic E-state index is 0.243. The normalized spacial score (nSPS) is 24.6. The van der Waals surface area contributed by atoms with Crippen molar-refractivity contribution in [2.45, 2.75) is 70.1 Å². The largest absolute Gasteiger partial charge is 0.444 e. The number of hydrogen-bond donors (Lipinski definition) is 2. The molecular formula is C14H22N2O3. The van der Waals surface area contributed by atoms with Crippen molar-refractivity contribution in [1.82, 2.24) is 5.32 Å². The molecule has 19 heavy (non-hydrogen) atoms. The maximum Gasteiger partial charge on any atom is 0.408 e. The first-order valence-electron chi connectivity index (χ1n) is 6.79. The Bertz CT molecular complexity index is 407. The molecule has 0 aliphatic heterocycles. The minimum Gasteiger partial charge on any atom is -0.444 e. The summed E-state index contributed by atoms with van der Waals surface area (Å²) < 4.78 is 5.21. The highest BCUT2D eigenvalue weighted by Gasteiger charge is 2.61. The number of hydrogen-bond acceptors (Lipinski definition) is 4. The molecule has 1 atom stereocenters. The van der Waals surface area contributed by atoms with Gasteiger partial charge in [-0.2, -0.15) is 5.26 Å². The molecule has 0 saturated heterocycles. The summed E-state index contributed by atoms with van der Waals surface area (Å²) >= 11 is 0. The van der Waals surface area contributed by atoms with E-state index in [1.165, 1.54) is 6.42 Å². The lowest BCUT2D eigenvalue weighted by atomic mass is 9.47. The van der Waals surface area contributed by atoms with Crippen LogP contribution in [0, 0.1) is 16.7 Å². The Balaban J connectivity index is 2.01. The fourth-order valence-electron chi connectivity index (χ4n) is 3.30. The third-order valence-corrected chi connectivity index (χ3v) is 4.19. The van der Waals surface area contributed by atoms with Crippen LogP contribution in [-0.4, -0.2) is 28.4 Å². The number of nitrogens with zero attached hydrogens (tertiary/aromatic N) is 1. The molecule has 2 aliphatic rings. The van der Waals surface area contributed by atoms with Crippen LogP contribution in [0.3, 0.4) is 0 Å². The maximum atomic E-state index is 11.9. The zero-order chi connectivity index (χ0) is 14.3. The van der Waals surface area contributed by atoms with Gasteiger partial charge in [-0.15, -0.1) is 0 Å². The van der Waals surface area contributed by atoms with E-state index in [0.717, 1.165) is 12.8 Å². The van der Waals surface area contributed by atoms with Crippen LogP contribution in [0.25, 0.3) is 0 Å². The Morgan fingerprint density at radius 1 is 1.42 bits per heavy atom. The van der Waals surface area contributed by atoms with E-state index in [1.807, 2.05) is 6.07 Å². The van der Waals surface area contributed by atoms with Crippen LogP contribution in [-0.2, 0) is 4.74 Å². The number of ether oxygens (including phenoxy) is 1. The average Bonchev–Trinajstić information content (AvgIpc) is 2.16. The predicted octanol–water partition coefficient (Wildman–Crippen LogP) is 2.10. The topological polar surface area (TPSA) is 82.3 Å². The van der Waals surface area contributed by atoms with Gasteiger partial charge in [0.05, 0.1) is 11.6 Å². The van der Waals surface area contributed by atoms with Gasteiger partial charge in [-0.25, -0.2) is 4.79 Å². The van der Waals surface area contributed by atoms with Crippen LogP contribution in [0.5, 0.6) is 0 Å². The summed E-state index contributed by atoms with van der Waals surface area (Å²) in [5.74, 6) is 0. The highest BCUT2D eigenvalue weighted by molar-refractivity contribution is 5.69. The molecule has 0 radical (unpaired) electrons. The Morgan fingerprint density at radius 2 is 2.00 bits per heavy atom. The molecule has 0 heterocycles. The number of carbonyl (C=O) groups excluding carboxylic acids is 1. The standard InChI is InChI=1S/C14H22N2O3/c1-12(2,3)19-11(18)16-14(10(17)7-15)8-13(9-14)5-4-6-13/h10,17H,4-6,8-9H2,1-3H3,(H,16,18). The zero-order valence-electron chi connectivity index (χ0n) is 11.8. The number of carbonyl (C=O) groups is 1. The molecule has 2 fully saturated rings. The van der Waals surface area contributed by atoms with Gasteiger partial charge in [0.1, 0.15) is 5.60 Å². The van der Waals surface area contributed by atoms with E-state index >= 15 is 0 Å². The van der Waals surface area contributed by atoms with Gasteiger partial charge in [0.2, 0.25) is 0 Å². The molecule has 5 heteroatoms. The Labute approximate surface area is 113 Å². The summed E-state index contributed by atoms with van der Waals surface area (Å²) in [6.07, 6.45) is 3.07. The SMILES string of the molecule is CC(C)(C)OC(=O)NC1(C(O)C#N)CC2(CCC2)C1. The molecular weight excluding hydrogens is 244 g/mol. The van der Waals surface area contributed by atoms with Gasteiger partial charge in [-0.3, -0.25) is 0 Å². The first-order valence-corrected chi connectivity index (χ1v) is 6.79. The molecule has 0 aromatic rings. The highest BCUT2D eigenvalue weighted by atomic mass is 16.6. The van der Waals surface area contributed by atoms with E-state index in [0.29, 0.717) is 12.8 Å². The second-order valence-corrected chi connectivity index (χ2v) is 7.02. The van der Waals surface area contributed by atoms with Gasteiger partial charge in [0.25, 0.3) is 0 Å². The maximum absolute atomic E-state index is 11.9. The van der Waals surface area contributed by atoms with Crippen LogP contribution >= 0.6 is 0 Å². The molecule has 5 nitrogen and oxygen atoms in total. The molecule has 2 N–H and O–H groups in total. The third-order valence-electron chi connectivity index (χ3n) is 4.19. The fraction of sp³-hybridized carbons (Fsp3) is 0.857. The summed E-state index contributed by atoms with van der Waals surface area (Å²) in [5, 5.41) is 21.6. The fourth-order valence-corrected chi connectivity index (χ4v) is 3.30. The van der Waals surface area contributed by atoms with Crippen LogP contribution in [0.1, 0.15) is 52.9 Å². The summed E-state index contributed by atoms with van der Waals surface area (Å²) in [6, 6.07) is 1.85. The molecule has 0 aromatic carbocycles. The molecule has 106 valence electrons. The van der Waals surface area contributed by atoms with Crippen molar-refractivity contribution >= 4 is 6.09 Å². The van der Waals surface area contributed by atoms with Gasteiger partial charge in [0.15, 0.2) is 6.10 Å². The number of amides is 1. The number of aliphatic hydroxyl groups excluding tert-OH is 1. The van der Waals surface area contributed by atoms with Crippen molar-refractivity contribution in [2.75, 3.05) is 0 Å². The van der Waals surface area contributed by atoms with Crippen LogP contribution < -0.4 is 5.32 Å².